The zero-order valence-corrected chi connectivity index (χ0v) is 23.2. The zero-order valence-electron chi connectivity index (χ0n) is 23.2. The van der Waals surface area contributed by atoms with E-state index in [0.29, 0.717) is 30.4 Å². The van der Waals surface area contributed by atoms with E-state index in [2.05, 4.69) is 32.5 Å². The number of hydrogen-bond donors (Lipinski definition) is 3. The van der Waals surface area contributed by atoms with Crippen molar-refractivity contribution < 1.29 is 13.6 Å². The third-order valence-electron chi connectivity index (χ3n) is 8.00. The number of carbonyl (C=O) groups is 1. The summed E-state index contributed by atoms with van der Waals surface area (Å²) in [6.45, 7) is 6.09. The van der Waals surface area contributed by atoms with Gasteiger partial charge in [-0.25, -0.2) is 13.8 Å². The van der Waals surface area contributed by atoms with Crippen LogP contribution in [0, 0.1) is 0 Å². The summed E-state index contributed by atoms with van der Waals surface area (Å²) in [4.78, 5) is 25.3. The molecule has 0 aliphatic carbocycles. The van der Waals surface area contributed by atoms with Gasteiger partial charge in [0.25, 0.3) is 11.8 Å². The van der Waals surface area contributed by atoms with E-state index in [4.69, 9.17) is 4.98 Å². The van der Waals surface area contributed by atoms with Gasteiger partial charge in [-0.1, -0.05) is 12.1 Å². The summed E-state index contributed by atoms with van der Waals surface area (Å²) in [7, 11) is 0. The minimum atomic E-state index is -2.88. The van der Waals surface area contributed by atoms with Crippen molar-refractivity contribution in [1.29, 1.82) is 0 Å². The first-order chi connectivity index (χ1) is 19.8. The van der Waals surface area contributed by atoms with Gasteiger partial charge in [0.15, 0.2) is 0 Å². The van der Waals surface area contributed by atoms with Gasteiger partial charge in [-0.15, -0.1) is 0 Å². The second-order valence-electron chi connectivity index (χ2n) is 11.2. The van der Waals surface area contributed by atoms with Gasteiger partial charge in [0.2, 0.25) is 0 Å². The van der Waals surface area contributed by atoms with E-state index in [9.17, 15) is 13.6 Å². The number of halogens is 2. The highest BCUT2D eigenvalue weighted by Gasteiger charge is 2.33. The fraction of sp³-hybridized carbons (Fsp3) is 0.433. The summed E-state index contributed by atoms with van der Waals surface area (Å²) in [6.07, 6.45) is 5.64. The lowest BCUT2D eigenvalue weighted by atomic mass is 10.1. The topological polar surface area (TPSA) is 94.1 Å². The van der Waals surface area contributed by atoms with E-state index >= 15 is 0 Å². The van der Waals surface area contributed by atoms with Gasteiger partial charge in [-0.05, 0) is 62.2 Å². The Bertz CT molecular complexity index is 1490. The number of nitrogens with zero attached hydrogens (tertiary/aromatic N) is 5. The number of anilines is 1. The van der Waals surface area contributed by atoms with E-state index in [-0.39, 0.29) is 12.5 Å². The van der Waals surface area contributed by atoms with Gasteiger partial charge in [0.1, 0.15) is 12.4 Å². The first-order valence-electron chi connectivity index (χ1n) is 14.3. The van der Waals surface area contributed by atoms with Crippen LogP contribution in [0.1, 0.15) is 35.9 Å². The molecule has 2 aromatic carbocycles. The first-order valence-corrected chi connectivity index (χ1v) is 14.3. The number of aromatic amines is 1. The molecule has 11 heteroatoms. The monoisotopic (exact) mass is 562 g/mol. The SMILES string of the molecule is C[C@H]1CCCN1Cc1nc2ccc(NC(=O)c3ccc(-c4cnn(CC(F)(F)CN5CCNCC5)c4)cc3)cc2[nH]1. The molecule has 9 nitrogen and oxygen atoms in total. The number of aromatic nitrogens is 4. The van der Waals surface area contributed by atoms with Crippen molar-refractivity contribution in [1.82, 2.24) is 34.9 Å². The number of piperazine rings is 1. The molecule has 2 aliphatic rings. The molecule has 216 valence electrons. The number of alkyl halides is 2. The molecule has 2 fully saturated rings. The van der Waals surface area contributed by atoms with Crippen LogP contribution in [-0.4, -0.2) is 86.7 Å². The quantitative estimate of drug-likeness (QED) is 0.283. The Morgan fingerprint density at radius 3 is 2.63 bits per heavy atom. The molecular formula is C30H36F2N8O. The zero-order chi connectivity index (χ0) is 28.4. The summed E-state index contributed by atoms with van der Waals surface area (Å²) in [6, 6.07) is 13.3. The van der Waals surface area contributed by atoms with Crippen LogP contribution in [-0.2, 0) is 13.1 Å². The molecule has 1 atom stereocenters. The number of fused-ring (bicyclic) bond motifs is 1. The van der Waals surface area contributed by atoms with Crippen LogP contribution in [0.15, 0.2) is 54.9 Å². The molecule has 0 bridgehead atoms. The van der Waals surface area contributed by atoms with Crippen LogP contribution in [0.4, 0.5) is 14.5 Å². The number of amides is 1. The minimum Gasteiger partial charge on any atom is -0.341 e. The van der Waals surface area contributed by atoms with Gasteiger partial charge < -0.3 is 15.6 Å². The van der Waals surface area contributed by atoms with Crippen LogP contribution in [0.3, 0.4) is 0 Å². The second-order valence-corrected chi connectivity index (χ2v) is 11.2. The summed E-state index contributed by atoms with van der Waals surface area (Å²) < 4.78 is 30.6. The molecular weight excluding hydrogens is 526 g/mol. The summed E-state index contributed by atoms with van der Waals surface area (Å²) in [5.74, 6) is -2.18. The van der Waals surface area contributed by atoms with Gasteiger partial charge in [0.05, 0.1) is 30.3 Å². The highest BCUT2D eigenvalue weighted by Crippen LogP contribution is 2.24. The Hall–Kier alpha value is -3.67. The van der Waals surface area contributed by atoms with Crippen molar-refractivity contribution in [2.75, 3.05) is 44.6 Å². The van der Waals surface area contributed by atoms with Crippen LogP contribution >= 0.6 is 0 Å². The van der Waals surface area contributed by atoms with Crippen molar-refractivity contribution in [3.8, 4) is 11.1 Å². The molecule has 2 aliphatic heterocycles. The Morgan fingerprint density at radius 1 is 1.07 bits per heavy atom. The number of rotatable bonds is 9. The van der Waals surface area contributed by atoms with Crippen molar-refractivity contribution in [3.63, 3.8) is 0 Å². The number of hydrogen-bond acceptors (Lipinski definition) is 6. The maximum Gasteiger partial charge on any atom is 0.279 e. The Balaban J connectivity index is 1.06. The van der Waals surface area contributed by atoms with Crippen LogP contribution in [0.25, 0.3) is 22.2 Å². The molecule has 1 amide bonds. The average Bonchev–Trinajstić information content (AvgIpc) is 3.69. The Morgan fingerprint density at radius 2 is 1.88 bits per heavy atom. The number of imidazole rings is 1. The number of carbonyl (C=O) groups excluding carboxylic acids is 1. The summed E-state index contributed by atoms with van der Waals surface area (Å²) in [5, 5.41) is 10.3. The lowest BCUT2D eigenvalue weighted by Crippen LogP contribution is -2.49. The largest absolute Gasteiger partial charge is 0.341 e. The third kappa shape index (κ3) is 6.64. The highest BCUT2D eigenvalue weighted by molar-refractivity contribution is 6.05. The minimum absolute atomic E-state index is 0.232. The lowest BCUT2D eigenvalue weighted by molar-refractivity contribution is -0.0506. The Labute approximate surface area is 237 Å². The molecule has 41 heavy (non-hydrogen) atoms. The average molecular weight is 563 g/mol. The van der Waals surface area contributed by atoms with Crippen LogP contribution in [0.2, 0.25) is 0 Å². The standard InChI is InChI=1S/C30H36F2N8O/c1-21-3-2-12-39(21)18-28-36-26-9-8-25(15-27(26)37-28)35-29(41)23-6-4-22(5-7-23)24-16-34-40(17-24)20-30(31,32)19-38-13-10-33-11-14-38/h4-9,15-17,21,33H,2-3,10-14,18-20H2,1H3,(H,35,41)(H,36,37)/t21-/m0/s1. The molecule has 6 rings (SSSR count). The van der Waals surface area contributed by atoms with E-state index in [1.807, 2.05) is 18.2 Å². The molecule has 0 unspecified atom stereocenters. The van der Waals surface area contributed by atoms with Gasteiger partial charge in [-0.3, -0.25) is 19.3 Å². The van der Waals surface area contributed by atoms with E-state index in [0.717, 1.165) is 54.2 Å². The lowest BCUT2D eigenvalue weighted by Gasteiger charge is -2.30. The highest BCUT2D eigenvalue weighted by atomic mass is 19.3. The van der Waals surface area contributed by atoms with Gasteiger partial charge in [0, 0.05) is 55.2 Å². The molecule has 2 aromatic heterocycles. The molecule has 2 saturated heterocycles. The smallest absolute Gasteiger partial charge is 0.279 e. The van der Waals surface area contributed by atoms with E-state index in [1.165, 1.54) is 17.5 Å². The van der Waals surface area contributed by atoms with Gasteiger partial charge >= 0.3 is 0 Å². The van der Waals surface area contributed by atoms with Crippen molar-refractivity contribution in [2.24, 2.45) is 0 Å². The number of H-pyrrole nitrogens is 1. The van der Waals surface area contributed by atoms with E-state index in [1.54, 1.807) is 41.6 Å². The number of benzene rings is 2. The maximum atomic E-state index is 14.6. The Kier molecular flexibility index (Phi) is 7.83. The second kappa shape index (κ2) is 11.7. The number of likely N-dealkylation sites (tertiary alicyclic amines) is 1. The van der Waals surface area contributed by atoms with E-state index < -0.39 is 12.5 Å². The number of nitrogens with one attached hydrogen (secondary N) is 3. The van der Waals surface area contributed by atoms with Crippen molar-refractivity contribution >= 4 is 22.6 Å². The predicted octanol–water partition coefficient (Wildman–Crippen LogP) is 4.20. The fourth-order valence-electron chi connectivity index (χ4n) is 5.73. The molecule has 0 spiro atoms. The third-order valence-corrected chi connectivity index (χ3v) is 8.00. The first kappa shape index (κ1) is 27.5. The van der Waals surface area contributed by atoms with Crippen molar-refractivity contribution in [3.05, 3.63) is 66.2 Å². The summed E-state index contributed by atoms with van der Waals surface area (Å²) in [5.41, 5.74) is 4.46. The molecule has 4 heterocycles. The fourth-order valence-corrected chi connectivity index (χ4v) is 5.73. The molecule has 0 radical (unpaired) electrons. The summed E-state index contributed by atoms with van der Waals surface area (Å²) >= 11 is 0. The predicted molar refractivity (Wildman–Crippen MR) is 155 cm³/mol. The molecule has 4 aromatic rings. The molecule has 3 N–H and O–H groups in total. The van der Waals surface area contributed by atoms with Crippen LogP contribution in [0.5, 0.6) is 0 Å². The molecule has 0 saturated carbocycles. The van der Waals surface area contributed by atoms with Crippen molar-refractivity contribution in [2.45, 2.75) is 44.8 Å². The maximum absolute atomic E-state index is 14.6. The van der Waals surface area contributed by atoms with Crippen LogP contribution < -0.4 is 10.6 Å². The normalized spacial score (nSPS) is 18.8. The van der Waals surface area contributed by atoms with Gasteiger partial charge in [-0.2, -0.15) is 5.10 Å².